The number of carbonyl (C=O) groups is 1. The van der Waals surface area contributed by atoms with Crippen LogP contribution >= 0.6 is 0 Å². The molecule has 0 atom stereocenters. The van der Waals surface area contributed by atoms with Crippen molar-refractivity contribution < 1.29 is 19.7 Å². The largest absolute Gasteiger partial charge is 0.508 e. The van der Waals surface area contributed by atoms with Crippen molar-refractivity contribution in [1.82, 2.24) is 9.88 Å². The van der Waals surface area contributed by atoms with Crippen molar-refractivity contribution in [3.05, 3.63) is 88.7 Å². The highest BCUT2D eigenvalue weighted by Gasteiger charge is 2.11. The molecule has 0 aliphatic carbocycles. The molecule has 3 aromatic rings. The second-order valence-corrected chi connectivity index (χ2v) is 8.20. The number of carbonyl (C=O) groups excluding carboxylic acids is 1. The molecule has 33 heavy (non-hydrogen) atoms. The summed E-state index contributed by atoms with van der Waals surface area (Å²) in [5.74, 6) is 0.0760. The summed E-state index contributed by atoms with van der Waals surface area (Å²) < 4.78 is 5.37. The molecule has 1 fully saturated rings. The van der Waals surface area contributed by atoms with Crippen LogP contribution in [0, 0.1) is 0 Å². The maximum atomic E-state index is 12.7. The van der Waals surface area contributed by atoms with E-state index < -0.39 is 0 Å². The third-order valence-electron chi connectivity index (χ3n) is 5.67. The summed E-state index contributed by atoms with van der Waals surface area (Å²) in [6.07, 6.45) is 6.56. The van der Waals surface area contributed by atoms with Crippen LogP contribution in [-0.2, 0) is 17.6 Å². The van der Waals surface area contributed by atoms with Gasteiger partial charge in [0.25, 0.3) is 0 Å². The molecule has 1 saturated heterocycles. The van der Waals surface area contributed by atoms with Crippen molar-refractivity contribution in [2.24, 2.45) is 0 Å². The molecule has 0 spiro atoms. The van der Waals surface area contributed by atoms with E-state index in [0.29, 0.717) is 17.5 Å². The Bertz CT molecular complexity index is 1080. The number of benzene rings is 2. The second kappa shape index (κ2) is 10.9. The Labute approximate surface area is 193 Å². The molecule has 4 rings (SSSR count). The number of ether oxygens (including phenoxy) is 1. The van der Waals surface area contributed by atoms with Gasteiger partial charge >= 0.3 is 0 Å². The van der Waals surface area contributed by atoms with Crippen LogP contribution in [0.1, 0.15) is 32.7 Å². The molecule has 2 N–H and O–H groups in total. The Balaban J connectivity index is 1.30. The number of aromatic hydroxyl groups is 2. The van der Waals surface area contributed by atoms with Crippen LogP contribution < -0.4 is 0 Å². The third-order valence-corrected chi connectivity index (χ3v) is 5.67. The van der Waals surface area contributed by atoms with Gasteiger partial charge in [-0.2, -0.15) is 0 Å². The molecule has 6 heteroatoms. The zero-order valence-electron chi connectivity index (χ0n) is 18.5. The summed E-state index contributed by atoms with van der Waals surface area (Å²) in [6.45, 7) is 4.47. The molecular weight excluding hydrogens is 416 g/mol. The van der Waals surface area contributed by atoms with E-state index in [4.69, 9.17) is 4.74 Å². The Kier molecular flexibility index (Phi) is 7.50. The van der Waals surface area contributed by atoms with Crippen molar-refractivity contribution in [1.29, 1.82) is 0 Å². The average Bonchev–Trinajstić information content (AvgIpc) is 2.83. The quantitative estimate of drug-likeness (QED) is 0.404. The van der Waals surface area contributed by atoms with Gasteiger partial charge in [-0.05, 0) is 41.0 Å². The maximum Gasteiger partial charge on any atom is 0.168 e. The lowest BCUT2D eigenvalue weighted by molar-refractivity contribution is 0.0383. The van der Waals surface area contributed by atoms with Gasteiger partial charge in [-0.25, -0.2) is 0 Å². The molecule has 6 nitrogen and oxygen atoms in total. The van der Waals surface area contributed by atoms with Gasteiger partial charge in [0.1, 0.15) is 11.5 Å². The van der Waals surface area contributed by atoms with E-state index >= 15 is 0 Å². The first-order valence-corrected chi connectivity index (χ1v) is 11.1. The van der Waals surface area contributed by atoms with E-state index in [1.54, 1.807) is 18.3 Å². The number of pyridine rings is 1. The molecule has 0 unspecified atom stereocenters. The number of hydrogen-bond donors (Lipinski definition) is 2. The van der Waals surface area contributed by atoms with Gasteiger partial charge < -0.3 is 14.9 Å². The lowest BCUT2D eigenvalue weighted by Gasteiger charge is -2.26. The number of rotatable bonds is 8. The summed E-state index contributed by atoms with van der Waals surface area (Å²) >= 11 is 0. The lowest BCUT2D eigenvalue weighted by atomic mass is 10.0. The van der Waals surface area contributed by atoms with Crippen molar-refractivity contribution >= 4 is 17.9 Å². The van der Waals surface area contributed by atoms with E-state index in [9.17, 15) is 15.0 Å². The normalized spacial score (nSPS) is 14.5. The predicted molar refractivity (Wildman–Crippen MR) is 128 cm³/mol. The molecular formula is C27H28N2O4. The first-order valence-electron chi connectivity index (χ1n) is 11.1. The Morgan fingerprint density at radius 1 is 0.939 bits per heavy atom. The van der Waals surface area contributed by atoms with E-state index in [0.717, 1.165) is 56.1 Å². The number of phenols is 2. The summed E-state index contributed by atoms with van der Waals surface area (Å²) in [6, 6.07) is 16.0. The maximum absolute atomic E-state index is 12.7. The fourth-order valence-corrected chi connectivity index (χ4v) is 3.78. The number of hydrogen-bond acceptors (Lipinski definition) is 6. The molecule has 1 aliphatic rings. The van der Waals surface area contributed by atoms with Crippen molar-refractivity contribution in [3.63, 3.8) is 0 Å². The molecule has 1 aliphatic heterocycles. The number of nitrogens with zero attached hydrogens (tertiary/aromatic N) is 2. The van der Waals surface area contributed by atoms with Crippen molar-refractivity contribution in [2.75, 3.05) is 32.8 Å². The number of morpholine rings is 1. The first-order chi connectivity index (χ1) is 16.0. The SMILES string of the molecule is O=C(Cc1ccc(C=Cc2cc(O)cc(O)c2)cc1)c1ccc(CCN2CCOCC2)nc1. The Morgan fingerprint density at radius 3 is 2.30 bits per heavy atom. The highest BCUT2D eigenvalue weighted by atomic mass is 16.5. The van der Waals surface area contributed by atoms with Crippen LogP contribution in [0.5, 0.6) is 11.5 Å². The zero-order valence-corrected chi connectivity index (χ0v) is 18.5. The standard InChI is InChI=1S/C27H28N2O4/c30-25-15-22(16-26(31)18-25)6-3-20-1-4-21(5-2-20)17-27(32)23-7-8-24(28-19-23)9-10-29-11-13-33-14-12-29/h1-8,15-16,18-19,30-31H,9-14,17H2. The summed E-state index contributed by atoms with van der Waals surface area (Å²) in [5, 5.41) is 19.1. The molecule has 1 aromatic heterocycles. The van der Waals surface area contributed by atoms with Gasteiger partial charge in [0.05, 0.1) is 13.2 Å². The highest BCUT2D eigenvalue weighted by molar-refractivity contribution is 5.97. The second-order valence-electron chi connectivity index (χ2n) is 8.20. The summed E-state index contributed by atoms with van der Waals surface area (Å²) in [7, 11) is 0. The van der Waals surface area contributed by atoms with Crippen LogP contribution in [0.25, 0.3) is 12.2 Å². The minimum atomic E-state index is 0.0168. The fraction of sp³-hybridized carbons (Fsp3) is 0.259. The molecule has 0 bridgehead atoms. The van der Waals surface area contributed by atoms with E-state index in [1.807, 2.05) is 48.6 Å². The van der Waals surface area contributed by atoms with E-state index in [1.165, 1.54) is 6.07 Å². The van der Waals surface area contributed by atoms with Crippen LogP contribution in [0.2, 0.25) is 0 Å². The minimum Gasteiger partial charge on any atom is -0.508 e. The van der Waals surface area contributed by atoms with Crippen LogP contribution in [0.15, 0.2) is 60.8 Å². The molecule has 0 radical (unpaired) electrons. The monoisotopic (exact) mass is 444 g/mol. The van der Waals surface area contributed by atoms with Gasteiger partial charge in [-0.3, -0.25) is 14.7 Å². The zero-order chi connectivity index (χ0) is 23.0. The Hall–Kier alpha value is -3.48. The smallest absolute Gasteiger partial charge is 0.168 e. The fourth-order valence-electron chi connectivity index (χ4n) is 3.78. The van der Waals surface area contributed by atoms with E-state index in [-0.39, 0.29) is 17.3 Å². The van der Waals surface area contributed by atoms with Gasteiger partial charge in [0, 0.05) is 56.0 Å². The number of aromatic nitrogens is 1. The molecule has 2 heterocycles. The van der Waals surface area contributed by atoms with Gasteiger partial charge in [0.2, 0.25) is 0 Å². The van der Waals surface area contributed by atoms with Crippen molar-refractivity contribution in [2.45, 2.75) is 12.8 Å². The first kappa shape index (κ1) is 22.7. The van der Waals surface area contributed by atoms with Crippen LogP contribution in [0.4, 0.5) is 0 Å². The van der Waals surface area contributed by atoms with Crippen LogP contribution in [-0.4, -0.2) is 58.7 Å². The van der Waals surface area contributed by atoms with Crippen LogP contribution in [0.3, 0.4) is 0 Å². The lowest BCUT2D eigenvalue weighted by Crippen LogP contribution is -2.37. The van der Waals surface area contributed by atoms with Gasteiger partial charge in [0.15, 0.2) is 5.78 Å². The number of ketones is 1. The summed E-state index contributed by atoms with van der Waals surface area (Å²) in [4.78, 5) is 19.5. The van der Waals surface area contributed by atoms with E-state index in [2.05, 4.69) is 9.88 Å². The molecule has 2 aromatic carbocycles. The Morgan fingerprint density at radius 2 is 1.64 bits per heavy atom. The predicted octanol–water partition coefficient (Wildman–Crippen LogP) is 3.96. The molecule has 0 saturated carbocycles. The minimum absolute atomic E-state index is 0.0168. The van der Waals surface area contributed by atoms with Gasteiger partial charge in [-0.1, -0.05) is 36.4 Å². The third kappa shape index (κ3) is 6.75. The molecule has 170 valence electrons. The number of Topliss-reactive ketones (excluding diaryl/α,β-unsaturated/α-hetero) is 1. The average molecular weight is 445 g/mol. The topological polar surface area (TPSA) is 82.9 Å². The van der Waals surface area contributed by atoms with Gasteiger partial charge in [-0.15, -0.1) is 0 Å². The molecule has 0 amide bonds. The summed E-state index contributed by atoms with van der Waals surface area (Å²) in [5.41, 5.74) is 4.21. The van der Waals surface area contributed by atoms with Crippen molar-refractivity contribution in [3.8, 4) is 11.5 Å². The highest BCUT2D eigenvalue weighted by Crippen LogP contribution is 2.22. The number of phenolic OH excluding ortho intramolecular Hbond substituents is 2.